The van der Waals surface area contributed by atoms with Gasteiger partial charge in [0.15, 0.2) is 4.34 Å². The molecular formula is C23H18ClN3OS2. The van der Waals surface area contributed by atoms with E-state index in [2.05, 4.69) is 15.5 Å². The molecule has 0 bridgehead atoms. The summed E-state index contributed by atoms with van der Waals surface area (Å²) in [5.41, 5.74) is 3.02. The molecule has 0 atom stereocenters. The summed E-state index contributed by atoms with van der Waals surface area (Å²) in [6.07, 6.45) is 0. The Hall–Kier alpha value is -2.67. The molecule has 4 rings (SSSR count). The number of carbonyl (C=O) groups is 1. The van der Waals surface area contributed by atoms with Crippen LogP contribution in [0.2, 0.25) is 5.02 Å². The molecule has 7 heteroatoms. The Morgan fingerprint density at radius 1 is 0.900 bits per heavy atom. The van der Waals surface area contributed by atoms with Crippen molar-refractivity contribution in [1.29, 1.82) is 0 Å². The Morgan fingerprint density at radius 2 is 1.50 bits per heavy atom. The SMILES string of the molecule is O=C(Nc1nnc(SCc2ccc(Cl)cc2)s1)C(c1ccccc1)c1ccccc1. The highest BCUT2D eigenvalue weighted by atomic mass is 35.5. The number of hydrogen-bond donors (Lipinski definition) is 1. The summed E-state index contributed by atoms with van der Waals surface area (Å²) in [4.78, 5) is 13.1. The van der Waals surface area contributed by atoms with Crippen LogP contribution in [0.25, 0.3) is 0 Å². The molecule has 1 amide bonds. The maximum absolute atomic E-state index is 13.1. The molecule has 3 aromatic carbocycles. The van der Waals surface area contributed by atoms with Crippen LogP contribution in [0.15, 0.2) is 89.3 Å². The zero-order valence-electron chi connectivity index (χ0n) is 15.9. The van der Waals surface area contributed by atoms with Crippen LogP contribution in [0.4, 0.5) is 5.13 Å². The van der Waals surface area contributed by atoms with Gasteiger partial charge in [-0.05, 0) is 28.8 Å². The zero-order chi connectivity index (χ0) is 20.8. The van der Waals surface area contributed by atoms with Crippen LogP contribution >= 0.6 is 34.7 Å². The number of benzene rings is 3. The van der Waals surface area contributed by atoms with E-state index in [-0.39, 0.29) is 5.91 Å². The molecule has 4 nitrogen and oxygen atoms in total. The number of amides is 1. The van der Waals surface area contributed by atoms with Crippen LogP contribution in [0.1, 0.15) is 22.6 Å². The van der Waals surface area contributed by atoms with Gasteiger partial charge < -0.3 is 0 Å². The summed E-state index contributed by atoms with van der Waals surface area (Å²) in [6.45, 7) is 0. The van der Waals surface area contributed by atoms with Crippen molar-refractivity contribution in [3.05, 3.63) is 107 Å². The maximum atomic E-state index is 13.1. The Kier molecular flexibility index (Phi) is 6.79. The molecule has 0 saturated carbocycles. The summed E-state index contributed by atoms with van der Waals surface area (Å²) < 4.78 is 0.802. The number of halogens is 1. The van der Waals surface area contributed by atoms with Crippen LogP contribution < -0.4 is 5.32 Å². The van der Waals surface area contributed by atoms with Gasteiger partial charge in [-0.2, -0.15) is 0 Å². The third kappa shape index (κ3) is 5.27. The molecule has 0 unspecified atom stereocenters. The summed E-state index contributed by atoms with van der Waals surface area (Å²) in [5.74, 6) is 0.218. The van der Waals surface area contributed by atoms with Crippen molar-refractivity contribution in [3.63, 3.8) is 0 Å². The fourth-order valence-electron chi connectivity index (χ4n) is 3.01. The first-order valence-electron chi connectivity index (χ1n) is 9.30. The van der Waals surface area contributed by atoms with Crippen molar-refractivity contribution >= 4 is 45.7 Å². The number of hydrogen-bond acceptors (Lipinski definition) is 5. The largest absolute Gasteiger partial charge is 0.300 e. The molecule has 1 aromatic heterocycles. The van der Waals surface area contributed by atoms with Crippen molar-refractivity contribution in [2.45, 2.75) is 16.0 Å². The molecule has 0 spiro atoms. The van der Waals surface area contributed by atoms with E-state index < -0.39 is 5.92 Å². The molecule has 0 radical (unpaired) electrons. The highest BCUT2D eigenvalue weighted by Crippen LogP contribution is 2.31. The molecule has 0 aliphatic carbocycles. The van der Waals surface area contributed by atoms with Crippen LogP contribution in [0, 0.1) is 0 Å². The van der Waals surface area contributed by atoms with Crippen LogP contribution in [-0.2, 0) is 10.5 Å². The average molecular weight is 452 g/mol. The monoisotopic (exact) mass is 451 g/mol. The normalized spacial score (nSPS) is 10.9. The van der Waals surface area contributed by atoms with Gasteiger partial charge in [0.2, 0.25) is 11.0 Å². The first kappa shape index (κ1) is 20.6. The minimum atomic E-state index is -0.415. The van der Waals surface area contributed by atoms with Gasteiger partial charge in [0, 0.05) is 10.8 Å². The van der Waals surface area contributed by atoms with E-state index in [1.807, 2.05) is 84.9 Å². The fraction of sp³-hybridized carbons (Fsp3) is 0.0870. The van der Waals surface area contributed by atoms with Gasteiger partial charge in [-0.25, -0.2) is 0 Å². The van der Waals surface area contributed by atoms with Gasteiger partial charge in [0.05, 0.1) is 5.92 Å². The molecule has 1 heterocycles. The predicted molar refractivity (Wildman–Crippen MR) is 124 cm³/mol. The van der Waals surface area contributed by atoms with E-state index in [1.165, 1.54) is 11.3 Å². The molecule has 0 aliphatic rings. The van der Waals surface area contributed by atoms with Gasteiger partial charge in [-0.15, -0.1) is 10.2 Å². The van der Waals surface area contributed by atoms with Crippen molar-refractivity contribution in [1.82, 2.24) is 10.2 Å². The second kappa shape index (κ2) is 9.89. The predicted octanol–water partition coefficient (Wildman–Crippen LogP) is 6.25. The van der Waals surface area contributed by atoms with Gasteiger partial charge in [0.1, 0.15) is 0 Å². The summed E-state index contributed by atoms with van der Waals surface area (Å²) in [7, 11) is 0. The lowest BCUT2D eigenvalue weighted by Crippen LogP contribution is -2.22. The average Bonchev–Trinajstić information content (AvgIpc) is 3.22. The van der Waals surface area contributed by atoms with E-state index in [9.17, 15) is 4.79 Å². The van der Waals surface area contributed by atoms with E-state index >= 15 is 0 Å². The number of anilines is 1. The maximum Gasteiger partial charge on any atom is 0.238 e. The van der Waals surface area contributed by atoms with E-state index in [0.717, 1.165) is 31.8 Å². The Bertz CT molecular complexity index is 1060. The number of carbonyl (C=O) groups excluding carboxylic acids is 1. The van der Waals surface area contributed by atoms with E-state index in [4.69, 9.17) is 11.6 Å². The van der Waals surface area contributed by atoms with Gasteiger partial charge in [0.25, 0.3) is 0 Å². The molecule has 1 N–H and O–H groups in total. The van der Waals surface area contributed by atoms with E-state index in [1.54, 1.807) is 11.8 Å². The first-order chi connectivity index (χ1) is 14.7. The molecule has 150 valence electrons. The second-order valence-electron chi connectivity index (χ2n) is 6.53. The highest BCUT2D eigenvalue weighted by Gasteiger charge is 2.23. The molecule has 4 aromatic rings. The minimum Gasteiger partial charge on any atom is -0.300 e. The number of nitrogens with zero attached hydrogens (tertiary/aromatic N) is 2. The fourth-order valence-corrected chi connectivity index (χ4v) is 4.84. The van der Waals surface area contributed by atoms with Crippen molar-refractivity contribution in [2.75, 3.05) is 5.32 Å². The highest BCUT2D eigenvalue weighted by molar-refractivity contribution is 8.00. The minimum absolute atomic E-state index is 0.127. The van der Waals surface area contributed by atoms with Crippen LogP contribution in [0.3, 0.4) is 0 Å². The third-order valence-corrected chi connectivity index (χ3v) is 6.74. The smallest absolute Gasteiger partial charge is 0.238 e. The number of rotatable bonds is 7. The molecule has 0 saturated heterocycles. The van der Waals surface area contributed by atoms with Crippen molar-refractivity contribution < 1.29 is 4.79 Å². The summed E-state index contributed by atoms with van der Waals surface area (Å²) in [6, 6.07) is 27.2. The van der Waals surface area contributed by atoms with Gasteiger partial charge in [-0.1, -0.05) is 107 Å². The first-order valence-corrected chi connectivity index (χ1v) is 11.5. The molecular weight excluding hydrogens is 434 g/mol. The number of nitrogens with one attached hydrogen (secondary N) is 1. The van der Waals surface area contributed by atoms with Crippen molar-refractivity contribution in [2.24, 2.45) is 0 Å². The van der Waals surface area contributed by atoms with E-state index in [0.29, 0.717) is 5.13 Å². The lowest BCUT2D eigenvalue weighted by molar-refractivity contribution is -0.116. The number of aromatic nitrogens is 2. The van der Waals surface area contributed by atoms with Crippen LogP contribution in [0.5, 0.6) is 0 Å². The molecule has 0 aliphatic heterocycles. The summed E-state index contributed by atoms with van der Waals surface area (Å²) in [5, 5.41) is 12.5. The van der Waals surface area contributed by atoms with Gasteiger partial charge in [-0.3, -0.25) is 10.1 Å². The summed E-state index contributed by atoms with van der Waals surface area (Å²) >= 11 is 8.88. The zero-order valence-corrected chi connectivity index (χ0v) is 18.3. The molecule has 0 fully saturated rings. The topological polar surface area (TPSA) is 54.9 Å². The second-order valence-corrected chi connectivity index (χ2v) is 9.17. The van der Waals surface area contributed by atoms with Gasteiger partial charge >= 0.3 is 0 Å². The van der Waals surface area contributed by atoms with Crippen molar-refractivity contribution in [3.8, 4) is 0 Å². The Balaban J connectivity index is 1.46. The van der Waals surface area contributed by atoms with Crippen LogP contribution in [-0.4, -0.2) is 16.1 Å². The third-order valence-electron chi connectivity index (χ3n) is 4.44. The lowest BCUT2D eigenvalue weighted by atomic mass is 9.90. The molecule has 30 heavy (non-hydrogen) atoms. The number of thioether (sulfide) groups is 1. The Labute approximate surface area is 188 Å². The quantitative estimate of drug-likeness (QED) is 0.266. The standard InChI is InChI=1S/C23H18ClN3OS2/c24-19-13-11-16(12-14-19)15-29-23-27-26-22(30-23)25-21(28)20(17-7-3-1-4-8-17)18-9-5-2-6-10-18/h1-14,20H,15H2,(H,25,26,28). The Morgan fingerprint density at radius 3 is 2.10 bits per heavy atom. The lowest BCUT2D eigenvalue weighted by Gasteiger charge is -2.16.